The molecule has 22 heavy (non-hydrogen) atoms. The largest absolute Gasteiger partial charge is 0.356 e. The summed E-state index contributed by atoms with van der Waals surface area (Å²) >= 11 is 0. The monoisotopic (exact) mass is 314 g/mol. The summed E-state index contributed by atoms with van der Waals surface area (Å²) < 4.78 is 0. The van der Waals surface area contributed by atoms with E-state index in [0.717, 1.165) is 19.3 Å². The van der Waals surface area contributed by atoms with Crippen molar-refractivity contribution in [3.05, 3.63) is 0 Å². The molecule has 0 aromatic rings. The van der Waals surface area contributed by atoms with E-state index in [1.165, 1.54) is 45.4 Å². The van der Waals surface area contributed by atoms with Crippen LogP contribution in [0.15, 0.2) is 0 Å². The minimum atomic E-state index is -0.685. The van der Waals surface area contributed by atoms with Crippen LogP contribution in [0.4, 0.5) is 0 Å². The van der Waals surface area contributed by atoms with Crippen LogP contribution in [-0.4, -0.2) is 17.7 Å². The highest BCUT2D eigenvalue weighted by Crippen LogP contribution is 2.10. The van der Waals surface area contributed by atoms with Gasteiger partial charge in [-0.3, -0.25) is 0 Å². The second-order valence-corrected chi connectivity index (χ2v) is 5.69. The minimum Gasteiger partial charge on any atom is -0.300 e. The lowest BCUT2D eigenvalue weighted by Crippen LogP contribution is -2.11. The van der Waals surface area contributed by atoms with Crippen molar-refractivity contribution in [2.45, 2.75) is 90.9 Å². The van der Waals surface area contributed by atoms with E-state index in [1.807, 2.05) is 0 Å². The van der Waals surface area contributed by atoms with Gasteiger partial charge in [0.1, 0.15) is 5.78 Å². The highest BCUT2D eigenvalue weighted by molar-refractivity contribution is 5.81. The predicted octanol–water partition coefficient (Wildman–Crippen LogP) is 4.28. The molecule has 0 aliphatic carbocycles. The normalized spacial score (nSPS) is 10.3. The molecule has 0 N–H and O–H groups in total. The third-order valence-electron chi connectivity index (χ3n) is 3.39. The van der Waals surface area contributed by atoms with Crippen LogP contribution in [-0.2, 0) is 24.2 Å². The Labute approximate surface area is 133 Å². The SMILES string of the molecule is CCCCCCCCCCCC(=O)OOC(=O)CCC(C)=O. The van der Waals surface area contributed by atoms with Crippen LogP contribution in [0.1, 0.15) is 90.9 Å². The number of hydrogen-bond donors (Lipinski definition) is 0. The van der Waals surface area contributed by atoms with Crippen molar-refractivity contribution in [1.29, 1.82) is 0 Å². The van der Waals surface area contributed by atoms with Gasteiger partial charge in [0.25, 0.3) is 0 Å². The lowest BCUT2D eigenvalue weighted by atomic mass is 10.1. The molecule has 0 heterocycles. The standard InChI is InChI=1S/C17H30O5/c1-3-4-5-6-7-8-9-10-11-12-16(19)21-22-17(20)14-13-15(2)18/h3-14H2,1-2H3. The maximum absolute atomic E-state index is 11.3. The Bertz CT molecular complexity index is 325. The first-order valence-electron chi connectivity index (χ1n) is 8.46. The summed E-state index contributed by atoms with van der Waals surface area (Å²) in [5.41, 5.74) is 0. The molecule has 0 spiro atoms. The molecule has 0 bridgehead atoms. The topological polar surface area (TPSA) is 69.7 Å². The van der Waals surface area contributed by atoms with Crippen molar-refractivity contribution in [1.82, 2.24) is 0 Å². The average molecular weight is 314 g/mol. The van der Waals surface area contributed by atoms with Gasteiger partial charge in [0.15, 0.2) is 0 Å². The number of Topliss-reactive ketones (excluding diaryl/α,β-unsaturated/α-hetero) is 1. The molecule has 0 saturated carbocycles. The number of unbranched alkanes of at least 4 members (excludes halogenated alkanes) is 8. The fraction of sp³-hybridized carbons (Fsp3) is 0.824. The first-order chi connectivity index (χ1) is 10.6. The fourth-order valence-electron chi connectivity index (χ4n) is 2.03. The maximum atomic E-state index is 11.3. The molecule has 5 nitrogen and oxygen atoms in total. The molecule has 0 saturated heterocycles. The van der Waals surface area contributed by atoms with Crippen molar-refractivity contribution >= 4 is 17.7 Å². The van der Waals surface area contributed by atoms with Crippen molar-refractivity contribution in [3.63, 3.8) is 0 Å². The summed E-state index contributed by atoms with van der Waals surface area (Å²) in [6.07, 6.45) is 10.8. The molecule has 0 unspecified atom stereocenters. The molecule has 128 valence electrons. The molecule has 0 amide bonds. The van der Waals surface area contributed by atoms with E-state index >= 15 is 0 Å². The van der Waals surface area contributed by atoms with Crippen LogP contribution in [0.3, 0.4) is 0 Å². The molecule has 0 atom stereocenters. The van der Waals surface area contributed by atoms with Crippen LogP contribution in [0.2, 0.25) is 0 Å². The van der Waals surface area contributed by atoms with E-state index in [1.54, 1.807) is 0 Å². The molecule has 5 heteroatoms. The molecule has 0 aromatic carbocycles. The van der Waals surface area contributed by atoms with E-state index in [-0.39, 0.29) is 25.0 Å². The zero-order valence-corrected chi connectivity index (χ0v) is 14.0. The molecule has 0 aromatic heterocycles. The van der Waals surface area contributed by atoms with Crippen molar-refractivity contribution in [2.24, 2.45) is 0 Å². The van der Waals surface area contributed by atoms with Gasteiger partial charge < -0.3 is 4.79 Å². The Morgan fingerprint density at radius 3 is 1.59 bits per heavy atom. The summed E-state index contributed by atoms with van der Waals surface area (Å²) in [5, 5.41) is 0. The summed E-state index contributed by atoms with van der Waals surface area (Å²) in [4.78, 5) is 41.9. The predicted molar refractivity (Wildman–Crippen MR) is 83.9 cm³/mol. The Hall–Kier alpha value is -1.39. The summed E-state index contributed by atoms with van der Waals surface area (Å²) in [6, 6.07) is 0. The van der Waals surface area contributed by atoms with E-state index < -0.39 is 11.9 Å². The number of hydrogen-bond acceptors (Lipinski definition) is 5. The zero-order valence-electron chi connectivity index (χ0n) is 14.0. The van der Waals surface area contributed by atoms with E-state index in [9.17, 15) is 14.4 Å². The highest BCUT2D eigenvalue weighted by atomic mass is 17.2. The van der Waals surface area contributed by atoms with E-state index in [4.69, 9.17) is 0 Å². The Balaban J connectivity index is 3.35. The Kier molecular flexibility index (Phi) is 13.6. The zero-order chi connectivity index (χ0) is 16.6. The second-order valence-electron chi connectivity index (χ2n) is 5.69. The van der Waals surface area contributed by atoms with Gasteiger partial charge in [-0.25, -0.2) is 19.4 Å². The molecule has 0 aliphatic heterocycles. The number of carbonyl (C=O) groups excluding carboxylic acids is 3. The van der Waals surface area contributed by atoms with Gasteiger partial charge in [-0.15, -0.1) is 0 Å². The number of carbonyl (C=O) groups is 3. The first kappa shape index (κ1) is 20.6. The fourth-order valence-corrected chi connectivity index (χ4v) is 2.03. The molecule has 0 fully saturated rings. The third kappa shape index (κ3) is 15.0. The number of rotatable bonds is 13. The quantitative estimate of drug-likeness (QED) is 0.288. The van der Waals surface area contributed by atoms with Crippen LogP contribution in [0, 0.1) is 0 Å². The minimum absolute atomic E-state index is 0.0549. The second kappa shape index (κ2) is 14.5. The molecular weight excluding hydrogens is 284 g/mol. The maximum Gasteiger partial charge on any atom is 0.356 e. The Morgan fingerprint density at radius 1 is 0.636 bits per heavy atom. The van der Waals surface area contributed by atoms with Crippen molar-refractivity contribution in [2.75, 3.05) is 0 Å². The van der Waals surface area contributed by atoms with Gasteiger partial charge >= 0.3 is 11.9 Å². The lowest BCUT2D eigenvalue weighted by Gasteiger charge is -2.03. The van der Waals surface area contributed by atoms with Gasteiger partial charge in [-0.1, -0.05) is 58.3 Å². The van der Waals surface area contributed by atoms with Crippen molar-refractivity contribution in [3.8, 4) is 0 Å². The van der Waals surface area contributed by atoms with Crippen LogP contribution < -0.4 is 0 Å². The number of ketones is 1. The van der Waals surface area contributed by atoms with Gasteiger partial charge in [0.05, 0.1) is 12.8 Å². The van der Waals surface area contributed by atoms with Gasteiger partial charge in [-0.05, 0) is 13.3 Å². The molecule has 0 rings (SSSR count). The molecule has 0 radical (unpaired) electrons. The molecular formula is C17H30O5. The van der Waals surface area contributed by atoms with E-state index in [2.05, 4.69) is 16.7 Å². The summed E-state index contributed by atoms with van der Waals surface area (Å²) in [6.45, 7) is 3.60. The summed E-state index contributed by atoms with van der Waals surface area (Å²) in [5.74, 6) is -1.31. The van der Waals surface area contributed by atoms with Crippen LogP contribution in [0.25, 0.3) is 0 Å². The average Bonchev–Trinajstić information content (AvgIpc) is 2.49. The van der Waals surface area contributed by atoms with E-state index in [0.29, 0.717) is 0 Å². The summed E-state index contributed by atoms with van der Waals surface area (Å²) in [7, 11) is 0. The lowest BCUT2D eigenvalue weighted by molar-refractivity contribution is -0.259. The van der Waals surface area contributed by atoms with Gasteiger partial charge in [0.2, 0.25) is 0 Å². The smallest absolute Gasteiger partial charge is 0.300 e. The van der Waals surface area contributed by atoms with Gasteiger partial charge in [-0.2, -0.15) is 0 Å². The van der Waals surface area contributed by atoms with Gasteiger partial charge in [0, 0.05) is 6.42 Å². The highest BCUT2D eigenvalue weighted by Gasteiger charge is 2.10. The Morgan fingerprint density at radius 2 is 1.09 bits per heavy atom. The third-order valence-corrected chi connectivity index (χ3v) is 3.39. The molecule has 0 aliphatic rings. The van der Waals surface area contributed by atoms with Crippen LogP contribution >= 0.6 is 0 Å². The van der Waals surface area contributed by atoms with Crippen LogP contribution in [0.5, 0.6) is 0 Å². The first-order valence-corrected chi connectivity index (χ1v) is 8.46. The van der Waals surface area contributed by atoms with Crippen molar-refractivity contribution < 1.29 is 24.2 Å².